The van der Waals surface area contributed by atoms with Crippen molar-refractivity contribution in [2.45, 2.75) is 24.6 Å². The quantitative estimate of drug-likeness (QED) is 0.358. The first-order chi connectivity index (χ1) is 5.57. The van der Waals surface area contributed by atoms with E-state index in [2.05, 4.69) is 4.74 Å². The van der Waals surface area contributed by atoms with Crippen LogP contribution >= 0.6 is 0 Å². The first-order valence-corrected chi connectivity index (χ1v) is 3.42. The second-order valence-corrected chi connectivity index (χ2v) is 2.54. The van der Waals surface area contributed by atoms with E-state index in [1.807, 2.05) is 0 Å². The number of ketones is 1. The molecule has 1 rings (SSSR count). The van der Waals surface area contributed by atoms with Gasteiger partial charge in [-0.25, -0.2) is 0 Å². The predicted octanol–water partition coefficient (Wildman–Crippen LogP) is -3.01. The maximum absolute atomic E-state index is 10.9. The van der Waals surface area contributed by atoms with E-state index in [9.17, 15) is 4.79 Å². The van der Waals surface area contributed by atoms with E-state index in [1.54, 1.807) is 0 Å². The largest absolute Gasteiger partial charge is 0.394 e. The summed E-state index contributed by atoms with van der Waals surface area (Å²) in [6, 6.07) is 0. The van der Waals surface area contributed by atoms with Crippen molar-refractivity contribution in [3.8, 4) is 0 Å². The standard InChI is InChI=1S/C6H10O6/c7-1-2(8)5-3(9)4(10)6(11)12-5/h2,4-8,10-11H,1H2/t2-,4-,5-,6-/m1/s1. The van der Waals surface area contributed by atoms with Gasteiger partial charge in [0.2, 0.25) is 0 Å². The van der Waals surface area contributed by atoms with Gasteiger partial charge in [0.1, 0.15) is 12.2 Å². The van der Waals surface area contributed by atoms with E-state index < -0.39 is 37.0 Å². The van der Waals surface area contributed by atoms with Gasteiger partial charge in [0.05, 0.1) is 6.61 Å². The lowest BCUT2D eigenvalue weighted by atomic mass is 10.1. The van der Waals surface area contributed by atoms with Gasteiger partial charge in [-0.1, -0.05) is 0 Å². The highest BCUT2D eigenvalue weighted by Crippen LogP contribution is 2.17. The Morgan fingerprint density at radius 2 is 2.08 bits per heavy atom. The van der Waals surface area contributed by atoms with Crippen LogP contribution in [-0.4, -0.2) is 57.4 Å². The second-order valence-electron chi connectivity index (χ2n) is 2.54. The molecule has 0 radical (unpaired) electrons. The molecule has 0 saturated carbocycles. The van der Waals surface area contributed by atoms with E-state index in [0.717, 1.165) is 0 Å². The number of Topliss-reactive ketones (excluding diaryl/α,β-unsaturated/α-hetero) is 1. The molecule has 6 nitrogen and oxygen atoms in total. The molecule has 0 aliphatic carbocycles. The number of rotatable bonds is 2. The van der Waals surface area contributed by atoms with E-state index in [0.29, 0.717) is 0 Å². The fourth-order valence-corrected chi connectivity index (χ4v) is 0.977. The highest BCUT2D eigenvalue weighted by molar-refractivity contribution is 5.89. The highest BCUT2D eigenvalue weighted by Gasteiger charge is 2.44. The Balaban J connectivity index is 2.64. The van der Waals surface area contributed by atoms with Gasteiger partial charge >= 0.3 is 0 Å². The minimum Gasteiger partial charge on any atom is -0.394 e. The van der Waals surface area contributed by atoms with E-state index in [-0.39, 0.29) is 0 Å². The maximum atomic E-state index is 10.9. The van der Waals surface area contributed by atoms with Gasteiger partial charge in [-0.2, -0.15) is 0 Å². The van der Waals surface area contributed by atoms with Crippen LogP contribution in [0.5, 0.6) is 0 Å². The Hall–Kier alpha value is -0.530. The molecule has 0 aromatic rings. The van der Waals surface area contributed by atoms with Crippen LogP contribution in [0.3, 0.4) is 0 Å². The number of hydrogen-bond donors (Lipinski definition) is 4. The van der Waals surface area contributed by atoms with Crippen LogP contribution in [0.25, 0.3) is 0 Å². The van der Waals surface area contributed by atoms with Crippen LogP contribution in [0.15, 0.2) is 0 Å². The van der Waals surface area contributed by atoms with E-state index >= 15 is 0 Å². The fourth-order valence-electron chi connectivity index (χ4n) is 0.977. The third-order valence-electron chi connectivity index (χ3n) is 1.66. The van der Waals surface area contributed by atoms with Gasteiger partial charge < -0.3 is 25.2 Å². The van der Waals surface area contributed by atoms with Gasteiger partial charge in [0.15, 0.2) is 18.2 Å². The molecule has 0 aromatic carbocycles. The lowest BCUT2D eigenvalue weighted by molar-refractivity contribution is -0.150. The Morgan fingerprint density at radius 3 is 2.42 bits per heavy atom. The summed E-state index contributed by atoms with van der Waals surface area (Å²) in [6.07, 6.45) is -5.97. The maximum Gasteiger partial charge on any atom is 0.197 e. The van der Waals surface area contributed by atoms with Crippen LogP contribution in [0.2, 0.25) is 0 Å². The molecule has 0 amide bonds. The molecule has 0 unspecified atom stereocenters. The first kappa shape index (κ1) is 9.56. The van der Waals surface area contributed by atoms with Crippen molar-refractivity contribution in [2.75, 3.05) is 6.61 Å². The zero-order valence-corrected chi connectivity index (χ0v) is 6.12. The van der Waals surface area contributed by atoms with E-state index in [4.69, 9.17) is 20.4 Å². The number of aliphatic hydroxyl groups excluding tert-OH is 4. The third kappa shape index (κ3) is 1.47. The zero-order chi connectivity index (χ0) is 9.30. The summed E-state index contributed by atoms with van der Waals surface area (Å²) in [6.45, 7) is -0.657. The van der Waals surface area contributed by atoms with E-state index in [1.165, 1.54) is 0 Å². The lowest BCUT2D eigenvalue weighted by Crippen LogP contribution is -2.36. The van der Waals surface area contributed by atoms with Crippen molar-refractivity contribution in [3.63, 3.8) is 0 Å². The monoisotopic (exact) mass is 178 g/mol. The summed E-state index contributed by atoms with van der Waals surface area (Å²) >= 11 is 0. The SMILES string of the molecule is O=C1[C@@H](O)[C@H](O)O[C@@H]1[C@H](O)CO. The molecule has 6 heteroatoms. The normalized spacial score (nSPS) is 38.7. The highest BCUT2D eigenvalue weighted by atomic mass is 16.6. The van der Waals surface area contributed by atoms with Crippen LogP contribution in [-0.2, 0) is 9.53 Å². The Labute approximate surface area is 68.0 Å². The molecule has 1 aliphatic heterocycles. The Bertz CT molecular complexity index is 181. The molecule has 4 N–H and O–H groups in total. The third-order valence-corrected chi connectivity index (χ3v) is 1.66. The van der Waals surface area contributed by atoms with Gasteiger partial charge in [-0.15, -0.1) is 0 Å². The summed E-state index contributed by atoms with van der Waals surface area (Å²) in [5.41, 5.74) is 0. The average Bonchev–Trinajstić information content (AvgIpc) is 2.32. The van der Waals surface area contributed by atoms with Gasteiger partial charge in [-0.3, -0.25) is 4.79 Å². The van der Waals surface area contributed by atoms with Crippen molar-refractivity contribution < 1.29 is 30.0 Å². The van der Waals surface area contributed by atoms with Crippen molar-refractivity contribution in [2.24, 2.45) is 0 Å². The summed E-state index contributed by atoms with van der Waals surface area (Å²) in [7, 11) is 0. The molecular formula is C6H10O6. The van der Waals surface area contributed by atoms with Crippen molar-refractivity contribution in [1.82, 2.24) is 0 Å². The van der Waals surface area contributed by atoms with Crippen LogP contribution in [0, 0.1) is 0 Å². The minimum absolute atomic E-state index is 0.657. The van der Waals surface area contributed by atoms with Crippen LogP contribution < -0.4 is 0 Å². The molecule has 70 valence electrons. The minimum atomic E-state index is -1.63. The summed E-state index contributed by atoms with van der Waals surface area (Å²) in [5, 5.41) is 35.0. The predicted molar refractivity (Wildman–Crippen MR) is 35.0 cm³/mol. The molecule has 0 spiro atoms. The number of carbonyl (C=O) groups is 1. The van der Waals surface area contributed by atoms with Crippen LogP contribution in [0.1, 0.15) is 0 Å². The molecular weight excluding hydrogens is 168 g/mol. The molecule has 4 atom stereocenters. The van der Waals surface area contributed by atoms with Crippen LogP contribution in [0.4, 0.5) is 0 Å². The van der Waals surface area contributed by atoms with Crippen molar-refractivity contribution in [1.29, 1.82) is 0 Å². The molecule has 12 heavy (non-hydrogen) atoms. The lowest BCUT2D eigenvalue weighted by Gasteiger charge is -2.12. The average molecular weight is 178 g/mol. The fraction of sp³-hybridized carbons (Fsp3) is 0.833. The van der Waals surface area contributed by atoms with Crippen molar-refractivity contribution in [3.05, 3.63) is 0 Å². The Kier molecular flexibility index (Phi) is 2.76. The van der Waals surface area contributed by atoms with Crippen molar-refractivity contribution >= 4 is 5.78 Å². The zero-order valence-electron chi connectivity index (χ0n) is 6.12. The summed E-state index contributed by atoms with van der Waals surface area (Å²) in [4.78, 5) is 10.9. The smallest absolute Gasteiger partial charge is 0.197 e. The topological polar surface area (TPSA) is 107 Å². The number of aliphatic hydroxyl groups is 4. The first-order valence-electron chi connectivity index (χ1n) is 3.42. The molecule has 0 bridgehead atoms. The second kappa shape index (κ2) is 3.46. The van der Waals surface area contributed by atoms with Gasteiger partial charge in [-0.05, 0) is 0 Å². The van der Waals surface area contributed by atoms with Gasteiger partial charge in [0, 0.05) is 0 Å². The Morgan fingerprint density at radius 1 is 1.50 bits per heavy atom. The molecule has 0 aromatic heterocycles. The summed E-state index contributed by atoms with van der Waals surface area (Å²) in [5.74, 6) is -0.816. The van der Waals surface area contributed by atoms with Gasteiger partial charge in [0.25, 0.3) is 0 Å². The number of hydrogen-bond acceptors (Lipinski definition) is 6. The number of ether oxygens (including phenoxy) is 1. The molecule has 1 saturated heterocycles. The molecule has 1 heterocycles. The molecule has 1 fully saturated rings. The molecule has 1 aliphatic rings. The number of carbonyl (C=O) groups excluding carboxylic acids is 1. The summed E-state index contributed by atoms with van der Waals surface area (Å²) < 4.78 is 4.48.